The number of rotatable bonds is 4. The molecule has 2 saturated heterocycles. The Balaban J connectivity index is 1.54. The lowest BCUT2D eigenvalue weighted by Crippen LogP contribution is -2.34. The molecule has 0 unspecified atom stereocenters. The molecule has 0 saturated carbocycles. The van der Waals surface area contributed by atoms with Crippen molar-refractivity contribution in [2.24, 2.45) is 0 Å². The first-order valence-electron chi connectivity index (χ1n) is 11.0. The third-order valence-corrected chi connectivity index (χ3v) is 6.41. The largest absolute Gasteiger partial charge is 0.371 e. The fourth-order valence-electron chi connectivity index (χ4n) is 4.25. The Bertz CT molecular complexity index is 966. The van der Waals surface area contributed by atoms with E-state index in [0.29, 0.717) is 22.0 Å². The molecule has 0 atom stereocenters. The van der Waals surface area contributed by atoms with E-state index in [-0.39, 0.29) is 11.9 Å². The minimum absolute atomic E-state index is 0.0486. The molecule has 4 rings (SSSR count). The quantitative estimate of drug-likeness (QED) is 0.658. The predicted molar refractivity (Wildman–Crippen MR) is 126 cm³/mol. The number of likely N-dealkylation sites (tertiary alicyclic amines) is 1. The molecular weight excluding hydrogens is 412 g/mol. The van der Waals surface area contributed by atoms with Crippen LogP contribution in [0.25, 0.3) is 0 Å². The van der Waals surface area contributed by atoms with Gasteiger partial charge in [0.1, 0.15) is 0 Å². The fourth-order valence-corrected chi connectivity index (χ4v) is 4.43. The van der Waals surface area contributed by atoms with E-state index < -0.39 is 0 Å². The van der Waals surface area contributed by atoms with Gasteiger partial charge in [-0.2, -0.15) is 0 Å². The number of carbonyl (C=O) groups is 2. The van der Waals surface area contributed by atoms with E-state index in [4.69, 9.17) is 11.6 Å². The molecule has 2 fully saturated rings. The van der Waals surface area contributed by atoms with Crippen molar-refractivity contribution in [1.82, 2.24) is 4.90 Å². The van der Waals surface area contributed by atoms with Gasteiger partial charge < -0.3 is 20.4 Å². The first kappa shape index (κ1) is 21.5. The van der Waals surface area contributed by atoms with Crippen molar-refractivity contribution in [3.05, 3.63) is 52.5 Å². The highest BCUT2D eigenvalue weighted by Crippen LogP contribution is 2.29. The zero-order valence-electron chi connectivity index (χ0n) is 17.9. The van der Waals surface area contributed by atoms with Crippen LogP contribution in [0, 0.1) is 6.92 Å². The molecule has 164 valence electrons. The van der Waals surface area contributed by atoms with Crippen molar-refractivity contribution in [2.75, 3.05) is 41.7 Å². The van der Waals surface area contributed by atoms with E-state index in [0.717, 1.165) is 63.1 Å². The van der Waals surface area contributed by atoms with Crippen LogP contribution >= 0.6 is 11.6 Å². The molecule has 31 heavy (non-hydrogen) atoms. The van der Waals surface area contributed by atoms with E-state index >= 15 is 0 Å². The number of amides is 3. The molecule has 2 aliphatic rings. The summed E-state index contributed by atoms with van der Waals surface area (Å²) in [6, 6.07) is 10.7. The Morgan fingerprint density at radius 2 is 1.45 bits per heavy atom. The molecule has 0 aliphatic carbocycles. The van der Waals surface area contributed by atoms with Gasteiger partial charge in [-0.25, -0.2) is 4.79 Å². The minimum atomic E-state index is -0.370. The van der Waals surface area contributed by atoms with Gasteiger partial charge in [-0.05, 0) is 74.9 Å². The second-order valence-corrected chi connectivity index (χ2v) is 8.73. The third-order valence-electron chi connectivity index (χ3n) is 6.00. The van der Waals surface area contributed by atoms with Crippen LogP contribution < -0.4 is 15.5 Å². The predicted octanol–water partition coefficient (Wildman–Crippen LogP) is 5.52. The van der Waals surface area contributed by atoms with Crippen LogP contribution in [0.1, 0.15) is 48.0 Å². The minimum Gasteiger partial charge on any atom is -0.371 e. The number of carbonyl (C=O) groups excluding carboxylic acids is 2. The van der Waals surface area contributed by atoms with Gasteiger partial charge >= 0.3 is 6.03 Å². The summed E-state index contributed by atoms with van der Waals surface area (Å²) in [6.45, 7) is 5.42. The lowest BCUT2D eigenvalue weighted by atomic mass is 10.1. The van der Waals surface area contributed by atoms with Gasteiger partial charge in [-0.15, -0.1) is 0 Å². The summed E-state index contributed by atoms with van der Waals surface area (Å²) in [7, 11) is 0. The number of aryl methyl sites for hydroxylation is 1. The summed E-state index contributed by atoms with van der Waals surface area (Å²) < 4.78 is 0. The summed E-state index contributed by atoms with van der Waals surface area (Å²) in [5.74, 6) is 0.0486. The first-order valence-corrected chi connectivity index (χ1v) is 11.4. The van der Waals surface area contributed by atoms with Crippen molar-refractivity contribution < 1.29 is 9.59 Å². The summed E-state index contributed by atoms with van der Waals surface area (Å²) in [4.78, 5) is 30.0. The average Bonchev–Trinajstić information content (AvgIpc) is 3.31. The van der Waals surface area contributed by atoms with Crippen LogP contribution in [-0.2, 0) is 0 Å². The summed E-state index contributed by atoms with van der Waals surface area (Å²) in [6.07, 6.45) is 5.60. The molecule has 2 aliphatic heterocycles. The fraction of sp³-hybridized carbons (Fsp3) is 0.417. The average molecular weight is 441 g/mol. The van der Waals surface area contributed by atoms with Crippen molar-refractivity contribution in [3.63, 3.8) is 0 Å². The summed E-state index contributed by atoms with van der Waals surface area (Å²) in [5, 5.41) is 6.26. The molecule has 2 N–H and O–H groups in total. The number of benzene rings is 2. The molecule has 0 aromatic heterocycles. The van der Waals surface area contributed by atoms with Crippen molar-refractivity contribution in [2.45, 2.75) is 39.0 Å². The van der Waals surface area contributed by atoms with Gasteiger partial charge in [-0.1, -0.05) is 17.7 Å². The van der Waals surface area contributed by atoms with Crippen molar-refractivity contribution >= 4 is 40.6 Å². The Morgan fingerprint density at radius 1 is 0.839 bits per heavy atom. The highest BCUT2D eigenvalue weighted by Gasteiger charge is 2.25. The molecule has 6 nitrogen and oxygen atoms in total. The van der Waals surface area contributed by atoms with Crippen LogP contribution in [0.5, 0.6) is 0 Å². The summed E-state index contributed by atoms with van der Waals surface area (Å²) in [5.41, 5.74) is 3.80. The highest BCUT2D eigenvalue weighted by molar-refractivity contribution is 6.31. The Kier molecular flexibility index (Phi) is 6.66. The zero-order valence-corrected chi connectivity index (χ0v) is 18.7. The van der Waals surface area contributed by atoms with Gasteiger partial charge in [0.05, 0.1) is 5.56 Å². The number of piperidine rings is 1. The van der Waals surface area contributed by atoms with Crippen molar-refractivity contribution in [1.29, 1.82) is 0 Å². The molecule has 2 aromatic rings. The number of nitrogens with one attached hydrogen (secondary N) is 2. The molecule has 2 aromatic carbocycles. The number of hydrogen-bond acceptors (Lipinski definition) is 3. The Morgan fingerprint density at radius 3 is 2.13 bits per heavy atom. The second-order valence-electron chi connectivity index (χ2n) is 8.32. The normalized spacial score (nSPS) is 16.3. The van der Waals surface area contributed by atoms with Crippen molar-refractivity contribution in [3.8, 4) is 0 Å². The van der Waals surface area contributed by atoms with Crippen LogP contribution in [0.2, 0.25) is 5.02 Å². The van der Waals surface area contributed by atoms with E-state index in [1.54, 1.807) is 6.07 Å². The topological polar surface area (TPSA) is 64.7 Å². The number of anilines is 3. The maximum atomic E-state index is 13.3. The highest BCUT2D eigenvalue weighted by atomic mass is 35.5. The van der Waals surface area contributed by atoms with E-state index in [2.05, 4.69) is 15.5 Å². The molecular formula is C24H29ClN4O2. The first-order chi connectivity index (χ1) is 15.0. The molecule has 0 bridgehead atoms. The Hall–Kier alpha value is -2.73. The SMILES string of the molecule is Cc1ccc(NC(=O)Nc2ccc(N3CCCCC3)c(C(=O)N3CCCC3)c2)cc1Cl. The lowest BCUT2D eigenvalue weighted by Gasteiger charge is -2.31. The van der Waals surface area contributed by atoms with Crippen LogP contribution in [0.4, 0.5) is 21.9 Å². The molecule has 0 radical (unpaired) electrons. The lowest BCUT2D eigenvalue weighted by molar-refractivity contribution is 0.0793. The second kappa shape index (κ2) is 9.60. The Labute approximate surface area is 188 Å². The van der Waals surface area contributed by atoms with Gasteiger partial charge in [0.25, 0.3) is 5.91 Å². The van der Waals surface area contributed by atoms with Gasteiger partial charge in [0.15, 0.2) is 0 Å². The van der Waals surface area contributed by atoms with Gasteiger partial charge in [-0.3, -0.25) is 4.79 Å². The van der Waals surface area contributed by atoms with Gasteiger partial charge in [0.2, 0.25) is 0 Å². The maximum Gasteiger partial charge on any atom is 0.323 e. The standard InChI is InChI=1S/C24H29ClN4O2/c1-17-7-8-19(16-21(17)25)27-24(31)26-18-9-10-22(28-11-3-2-4-12-28)20(15-18)23(30)29-13-5-6-14-29/h7-10,15-16H,2-6,11-14H2,1H3,(H2,26,27,31). The van der Waals surface area contributed by atoms with E-state index in [1.807, 2.05) is 42.2 Å². The zero-order chi connectivity index (χ0) is 21.8. The number of urea groups is 1. The molecule has 7 heteroatoms. The monoisotopic (exact) mass is 440 g/mol. The summed E-state index contributed by atoms with van der Waals surface area (Å²) >= 11 is 6.15. The van der Waals surface area contributed by atoms with Crippen LogP contribution in [-0.4, -0.2) is 43.0 Å². The van der Waals surface area contributed by atoms with E-state index in [9.17, 15) is 9.59 Å². The van der Waals surface area contributed by atoms with E-state index in [1.165, 1.54) is 6.42 Å². The number of hydrogen-bond donors (Lipinski definition) is 2. The maximum absolute atomic E-state index is 13.3. The van der Waals surface area contributed by atoms with Crippen LogP contribution in [0.3, 0.4) is 0 Å². The third kappa shape index (κ3) is 5.13. The molecule has 2 heterocycles. The van der Waals surface area contributed by atoms with Crippen LogP contribution in [0.15, 0.2) is 36.4 Å². The molecule has 3 amide bonds. The number of halogens is 1. The molecule has 0 spiro atoms. The number of nitrogens with zero attached hydrogens (tertiary/aromatic N) is 2. The van der Waals surface area contributed by atoms with Gasteiger partial charge in [0, 0.05) is 48.3 Å². The smallest absolute Gasteiger partial charge is 0.323 e.